The van der Waals surface area contributed by atoms with Crippen LogP contribution in [0.4, 0.5) is 0 Å². The maximum absolute atomic E-state index is 11.2. The number of imidazole rings is 1. The molecule has 0 amide bonds. The molecule has 1 atom stereocenters. The number of nitrogens with one attached hydrogen (secondary N) is 1. The number of aromatic nitrogens is 2. The van der Waals surface area contributed by atoms with E-state index in [4.69, 9.17) is 0 Å². The molecule has 0 spiro atoms. The lowest BCUT2D eigenvalue weighted by molar-refractivity contribution is -0.141. The molecule has 0 aromatic carbocycles. The molecule has 96 valence electrons. The average Bonchev–Trinajstić information content (AvgIpc) is 2.74. The van der Waals surface area contributed by atoms with Crippen molar-refractivity contribution in [2.24, 2.45) is 0 Å². The monoisotopic (exact) mass is 239 g/mol. The van der Waals surface area contributed by atoms with Crippen molar-refractivity contribution < 1.29 is 9.90 Å². The summed E-state index contributed by atoms with van der Waals surface area (Å²) >= 11 is 0. The smallest absolute Gasteiger partial charge is 0.326 e. The maximum atomic E-state index is 11.2. The Morgan fingerprint density at radius 1 is 1.53 bits per heavy atom. The van der Waals surface area contributed by atoms with E-state index in [1.807, 2.05) is 6.92 Å². The van der Waals surface area contributed by atoms with Crippen LogP contribution in [0.25, 0.3) is 0 Å². The molecule has 2 N–H and O–H groups in total. The van der Waals surface area contributed by atoms with Crippen LogP contribution in [0.2, 0.25) is 0 Å². The van der Waals surface area contributed by atoms with Crippen molar-refractivity contribution in [2.75, 3.05) is 6.54 Å². The van der Waals surface area contributed by atoms with Crippen LogP contribution in [-0.2, 0) is 11.3 Å². The molecule has 1 unspecified atom stereocenters. The van der Waals surface area contributed by atoms with Gasteiger partial charge in [0.15, 0.2) is 0 Å². The average molecular weight is 239 g/mol. The second-order valence-electron chi connectivity index (χ2n) is 4.07. The van der Waals surface area contributed by atoms with Crippen LogP contribution < -0.4 is 5.32 Å². The van der Waals surface area contributed by atoms with Crippen molar-refractivity contribution in [3.63, 3.8) is 0 Å². The highest BCUT2D eigenvalue weighted by Crippen LogP contribution is 2.16. The Kier molecular flexibility index (Phi) is 5.69. The van der Waals surface area contributed by atoms with Crippen molar-refractivity contribution in [2.45, 2.75) is 45.7 Å². The Morgan fingerprint density at radius 3 is 2.88 bits per heavy atom. The number of carboxylic acids is 1. The standard InChI is InChI=1S/C12H21N3O2/c1-3-5-10(12(16)17)15-8-7-14-11(15)9-13-6-4-2/h7-8,10,13H,3-6,9H2,1-2H3,(H,16,17). The first-order valence-corrected chi connectivity index (χ1v) is 6.15. The van der Waals surface area contributed by atoms with Crippen LogP contribution in [-0.4, -0.2) is 27.2 Å². The highest BCUT2D eigenvalue weighted by molar-refractivity contribution is 5.71. The summed E-state index contributed by atoms with van der Waals surface area (Å²) in [6.45, 7) is 5.62. The Hall–Kier alpha value is -1.36. The molecule has 0 bridgehead atoms. The summed E-state index contributed by atoms with van der Waals surface area (Å²) in [6.07, 6.45) is 5.94. The zero-order valence-corrected chi connectivity index (χ0v) is 10.5. The Balaban J connectivity index is 2.73. The van der Waals surface area contributed by atoms with E-state index < -0.39 is 12.0 Å². The van der Waals surface area contributed by atoms with E-state index in [0.717, 1.165) is 25.2 Å². The van der Waals surface area contributed by atoms with Crippen molar-refractivity contribution in [3.8, 4) is 0 Å². The first kappa shape index (κ1) is 13.7. The van der Waals surface area contributed by atoms with Gasteiger partial charge in [-0.05, 0) is 19.4 Å². The first-order chi connectivity index (χ1) is 8.20. The molecule has 0 saturated carbocycles. The minimum Gasteiger partial charge on any atom is -0.480 e. The summed E-state index contributed by atoms with van der Waals surface area (Å²) in [6, 6.07) is -0.499. The number of hydrogen-bond donors (Lipinski definition) is 2. The first-order valence-electron chi connectivity index (χ1n) is 6.15. The number of nitrogens with zero attached hydrogens (tertiary/aromatic N) is 2. The van der Waals surface area contributed by atoms with E-state index in [0.29, 0.717) is 13.0 Å². The van der Waals surface area contributed by atoms with Crippen LogP contribution in [0.3, 0.4) is 0 Å². The summed E-state index contributed by atoms with van der Waals surface area (Å²) in [4.78, 5) is 15.4. The fraction of sp³-hybridized carbons (Fsp3) is 0.667. The minimum atomic E-state index is -0.790. The number of carboxylic acid groups (broad SMARTS) is 1. The van der Waals surface area contributed by atoms with Crippen molar-refractivity contribution in [3.05, 3.63) is 18.2 Å². The Bertz CT molecular complexity index is 349. The molecule has 1 heterocycles. The number of carbonyl (C=O) groups is 1. The van der Waals surface area contributed by atoms with E-state index in [-0.39, 0.29) is 0 Å². The summed E-state index contributed by atoms with van der Waals surface area (Å²) in [5, 5.41) is 12.4. The van der Waals surface area contributed by atoms with Crippen LogP contribution in [0.15, 0.2) is 12.4 Å². The van der Waals surface area contributed by atoms with Crippen molar-refractivity contribution >= 4 is 5.97 Å². The van der Waals surface area contributed by atoms with Gasteiger partial charge >= 0.3 is 5.97 Å². The molecule has 0 saturated heterocycles. The predicted molar refractivity (Wildman–Crippen MR) is 65.8 cm³/mol. The number of aliphatic carboxylic acids is 1. The van der Waals surface area contributed by atoms with Gasteiger partial charge in [-0.2, -0.15) is 0 Å². The van der Waals surface area contributed by atoms with Gasteiger partial charge in [0.25, 0.3) is 0 Å². The topological polar surface area (TPSA) is 67.2 Å². The highest BCUT2D eigenvalue weighted by atomic mass is 16.4. The second kappa shape index (κ2) is 7.06. The van der Waals surface area contributed by atoms with Crippen molar-refractivity contribution in [1.29, 1.82) is 0 Å². The molecule has 0 aliphatic rings. The van der Waals surface area contributed by atoms with Gasteiger partial charge in [0, 0.05) is 12.4 Å². The third-order valence-electron chi connectivity index (χ3n) is 2.64. The molecular weight excluding hydrogens is 218 g/mol. The maximum Gasteiger partial charge on any atom is 0.326 e. The van der Waals surface area contributed by atoms with Gasteiger partial charge < -0.3 is 15.0 Å². The highest BCUT2D eigenvalue weighted by Gasteiger charge is 2.20. The molecule has 0 aliphatic heterocycles. The molecule has 5 nitrogen and oxygen atoms in total. The lowest BCUT2D eigenvalue weighted by Gasteiger charge is -2.16. The van der Waals surface area contributed by atoms with Gasteiger partial charge in [-0.1, -0.05) is 20.3 Å². The molecule has 1 aromatic rings. The van der Waals surface area contributed by atoms with Gasteiger partial charge in [0.2, 0.25) is 0 Å². The summed E-state index contributed by atoms with van der Waals surface area (Å²) in [5.74, 6) is 0.000825. The van der Waals surface area contributed by atoms with Crippen LogP contribution in [0.5, 0.6) is 0 Å². The fourth-order valence-corrected chi connectivity index (χ4v) is 1.80. The number of rotatable bonds is 8. The van der Waals surface area contributed by atoms with Gasteiger partial charge in [0.05, 0.1) is 6.54 Å². The molecule has 0 aliphatic carbocycles. The molecule has 5 heteroatoms. The number of hydrogen-bond acceptors (Lipinski definition) is 3. The third kappa shape index (κ3) is 3.85. The van der Waals surface area contributed by atoms with E-state index in [2.05, 4.69) is 17.2 Å². The van der Waals surface area contributed by atoms with E-state index in [1.54, 1.807) is 17.0 Å². The SMILES string of the molecule is CCCNCc1nccn1C(CCC)C(=O)O. The molecular formula is C12H21N3O2. The van der Waals surface area contributed by atoms with E-state index in [9.17, 15) is 9.90 Å². The summed E-state index contributed by atoms with van der Waals surface area (Å²) in [7, 11) is 0. The quantitative estimate of drug-likeness (QED) is 0.679. The predicted octanol–water partition coefficient (Wildman–Crippen LogP) is 1.81. The van der Waals surface area contributed by atoms with E-state index in [1.165, 1.54) is 0 Å². The molecule has 0 radical (unpaired) electrons. The minimum absolute atomic E-state index is 0.499. The Morgan fingerprint density at radius 2 is 2.29 bits per heavy atom. The molecule has 1 aromatic heterocycles. The van der Waals surface area contributed by atoms with Crippen molar-refractivity contribution in [1.82, 2.24) is 14.9 Å². The largest absolute Gasteiger partial charge is 0.480 e. The van der Waals surface area contributed by atoms with Crippen LogP contribution in [0.1, 0.15) is 45.0 Å². The normalized spacial score (nSPS) is 12.6. The summed E-state index contributed by atoms with van der Waals surface area (Å²) in [5.41, 5.74) is 0. The lowest BCUT2D eigenvalue weighted by atomic mass is 10.1. The van der Waals surface area contributed by atoms with Gasteiger partial charge in [0.1, 0.15) is 11.9 Å². The lowest BCUT2D eigenvalue weighted by Crippen LogP contribution is -2.24. The molecule has 0 fully saturated rings. The van der Waals surface area contributed by atoms with Crippen LogP contribution >= 0.6 is 0 Å². The fourth-order valence-electron chi connectivity index (χ4n) is 1.80. The zero-order chi connectivity index (χ0) is 12.7. The second-order valence-corrected chi connectivity index (χ2v) is 4.07. The van der Waals surface area contributed by atoms with Gasteiger partial charge in [-0.25, -0.2) is 9.78 Å². The summed E-state index contributed by atoms with van der Waals surface area (Å²) < 4.78 is 1.76. The van der Waals surface area contributed by atoms with Crippen LogP contribution in [0, 0.1) is 0 Å². The third-order valence-corrected chi connectivity index (χ3v) is 2.64. The van der Waals surface area contributed by atoms with Gasteiger partial charge in [-0.3, -0.25) is 0 Å². The Labute approximate surface area is 102 Å². The van der Waals surface area contributed by atoms with E-state index >= 15 is 0 Å². The molecule has 17 heavy (non-hydrogen) atoms. The van der Waals surface area contributed by atoms with Gasteiger partial charge in [-0.15, -0.1) is 0 Å². The zero-order valence-electron chi connectivity index (χ0n) is 10.5. The molecule has 1 rings (SSSR count).